The Labute approximate surface area is 182 Å². The highest BCUT2D eigenvalue weighted by molar-refractivity contribution is 5.90. The summed E-state index contributed by atoms with van der Waals surface area (Å²) in [4.78, 5) is 12.7. The Hall–Kier alpha value is -2.13. The van der Waals surface area contributed by atoms with Crippen molar-refractivity contribution in [2.45, 2.75) is 71.3 Å². The molecular weight excluding hydrogens is 370 g/mol. The molecule has 3 heteroatoms. The summed E-state index contributed by atoms with van der Waals surface area (Å²) in [5.74, 6) is 0.176. The second-order valence-electron chi connectivity index (χ2n) is 9.10. The molecule has 1 aliphatic heterocycles. The van der Waals surface area contributed by atoms with Crippen LogP contribution in [0.25, 0.3) is 11.1 Å². The molecule has 3 nitrogen and oxygen atoms in total. The minimum atomic E-state index is -0.440. The predicted molar refractivity (Wildman–Crippen MR) is 125 cm³/mol. The van der Waals surface area contributed by atoms with Gasteiger partial charge in [-0.05, 0) is 81.4 Å². The van der Waals surface area contributed by atoms with E-state index in [4.69, 9.17) is 4.74 Å². The zero-order valence-electron chi connectivity index (χ0n) is 18.9. The Morgan fingerprint density at radius 1 is 0.933 bits per heavy atom. The fourth-order valence-corrected chi connectivity index (χ4v) is 4.32. The first-order chi connectivity index (χ1) is 14.5. The molecule has 1 aliphatic rings. The van der Waals surface area contributed by atoms with Gasteiger partial charge in [0, 0.05) is 5.92 Å². The smallest absolute Gasteiger partial charge is 0.338 e. The SMILES string of the molecule is CCCCCCc1ccc(-c2ccc(C(=O)OC(C)(C)C3CCNCC3)cc2)cc1. The van der Waals surface area contributed by atoms with Crippen molar-refractivity contribution >= 4 is 5.97 Å². The molecule has 0 aromatic heterocycles. The van der Waals surface area contributed by atoms with Crippen molar-refractivity contribution < 1.29 is 9.53 Å². The highest BCUT2D eigenvalue weighted by Crippen LogP contribution is 2.30. The monoisotopic (exact) mass is 407 g/mol. The molecule has 0 saturated carbocycles. The van der Waals surface area contributed by atoms with E-state index < -0.39 is 5.60 Å². The molecule has 1 fully saturated rings. The summed E-state index contributed by atoms with van der Waals surface area (Å²) in [6.07, 6.45) is 8.42. The number of nitrogens with one attached hydrogen (secondary N) is 1. The summed E-state index contributed by atoms with van der Waals surface area (Å²) in [5.41, 5.74) is 3.89. The van der Waals surface area contributed by atoms with Crippen molar-refractivity contribution in [3.8, 4) is 11.1 Å². The van der Waals surface area contributed by atoms with E-state index in [1.165, 1.54) is 36.8 Å². The van der Waals surface area contributed by atoms with Crippen LogP contribution in [0.3, 0.4) is 0 Å². The Kier molecular flexibility index (Phi) is 8.09. The number of hydrogen-bond donors (Lipinski definition) is 1. The highest BCUT2D eigenvalue weighted by atomic mass is 16.6. The van der Waals surface area contributed by atoms with E-state index in [1.54, 1.807) is 0 Å². The van der Waals surface area contributed by atoms with Crippen molar-refractivity contribution in [1.29, 1.82) is 0 Å². The zero-order valence-corrected chi connectivity index (χ0v) is 18.9. The van der Waals surface area contributed by atoms with Gasteiger partial charge in [0.25, 0.3) is 0 Å². The van der Waals surface area contributed by atoms with Gasteiger partial charge in [-0.15, -0.1) is 0 Å². The molecule has 3 rings (SSSR count). The number of carbonyl (C=O) groups excluding carboxylic acids is 1. The molecule has 2 aromatic rings. The van der Waals surface area contributed by atoms with Gasteiger partial charge in [-0.2, -0.15) is 0 Å². The van der Waals surface area contributed by atoms with E-state index in [9.17, 15) is 4.79 Å². The molecule has 162 valence electrons. The number of aryl methyl sites for hydroxylation is 1. The van der Waals surface area contributed by atoms with Crippen LogP contribution in [0.15, 0.2) is 48.5 Å². The lowest BCUT2D eigenvalue weighted by molar-refractivity contribution is -0.0368. The van der Waals surface area contributed by atoms with E-state index >= 15 is 0 Å². The summed E-state index contributed by atoms with van der Waals surface area (Å²) >= 11 is 0. The number of hydrogen-bond acceptors (Lipinski definition) is 3. The summed E-state index contributed by atoms with van der Waals surface area (Å²) < 4.78 is 5.91. The third kappa shape index (κ3) is 6.18. The second kappa shape index (κ2) is 10.8. The number of carbonyl (C=O) groups is 1. The van der Waals surface area contributed by atoms with E-state index in [2.05, 4.69) is 36.5 Å². The van der Waals surface area contributed by atoms with Crippen LogP contribution >= 0.6 is 0 Å². The number of ether oxygens (including phenoxy) is 1. The second-order valence-corrected chi connectivity index (χ2v) is 9.10. The molecule has 30 heavy (non-hydrogen) atoms. The van der Waals surface area contributed by atoms with Crippen LogP contribution in [0, 0.1) is 5.92 Å². The van der Waals surface area contributed by atoms with Gasteiger partial charge in [0.2, 0.25) is 0 Å². The first kappa shape index (κ1) is 22.6. The maximum Gasteiger partial charge on any atom is 0.338 e. The molecule has 0 spiro atoms. The molecule has 0 bridgehead atoms. The number of benzene rings is 2. The number of piperidine rings is 1. The van der Waals surface area contributed by atoms with Crippen LogP contribution in [-0.2, 0) is 11.2 Å². The van der Waals surface area contributed by atoms with Crippen molar-refractivity contribution in [3.63, 3.8) is 0 Å². The quantitative estimate of drug-likeness (QED) is 0.385. The minimum Gasteiger partial charge on any atom is -0.456 e. The molecule has 0 atom stereocenters. The standard InChI is InChI=1S/C27H37NO2/c1-4-5-6-7-8-21-9-11-22(12-10-21)23-13-15-24(16-14-23)26(29)30-27(2,3)25-17-19-28-20-18-25/h9-16,25,28H,4-8,17-20H2,1-3H3. The Morgan fingerprint density at radius 2 is 1.53 bits per heavy atom. The maximum absolute atomic E-state index is 12.7. The average Bonchev–Trinajstić information content (AvgIpc) is 2.78. The van der Waals surface area contributed by atoms with Crippen LogP contribution in [0.4, 0.5) is 0 Å². The Bertz CT molecular complexity index is 787. The number of rotatable bonds is 9. The molecular formula is C27H37NO2. The molecule has 1 heterocycles. The molecule has 0 amide bonds. The summed E-state index contributed by atoms with van der Waals surface area (Å²) in [6.45, 7) is 8.32. The average molecular weight is 408 g/mol. The third-order valence-electron chi connectivity index (χ3n) is 6.40. The highest BCUT2D eigenvalue weighted by Gasteiger charge is 2.34. The lowest BCUT2D eigenvalue weighted by Gasteiger charge is -2.36. The van der Waals surface area contributed by atoms with E-state index in [-0.39, 0.29) is 5.97 Å². The molecule has 1 saturated heterocycles. The van der Waals surface area contributed by atoms with Crippen LogP contribution < -0.4 is 5.32 Å². The predicted octanol–water partition coefficient (Wildman–Crippen LogP) is 6.41. The van der Waals surface area contributed by atoms with Gasteiger partial charge < -0.3 is 10.1 Å². The van der Waals surface area contributed by atoms with E-state index in [0.29, 0.717) is 11.5 Å². The third-order valence-corrected chi connectivity index (χ3v) is 6.40. The number of esters is 1. The van der Waals surface area contributed by atoms with Crippen LogP contribution in [-0.4, -0.2) is 24.7 Å². The normalized spacial score (nSPS) is 15.2. The summed E-state index contributed by atoms with van der Waals surface area (Å²) in [7, 11) is 0. The van der Waals surface area contributed by atoms with Crippen LogP contribution in [0.5, 0.6) is 0 Å². The fraction of sp³-hybridized carbons (Fsp3) is 0.519. The van der Waals surface area contributed by atoms with Gasteiger partial charge in [-0.25, -0.2) is 4.79 Å². The summed E-state index contributed by atoms with van der Waals surface area (Å²) in [6, 6.07) is 16.6. The molecule has 0 aliphatic carbocycles. The topological polar surface area (TPSA) is 38.3 Å². The van der Waals surface area contributed by atoms with Crippen LogP contribution in [0.1, 0.15) is 75.2 Å². The largest absolute Gasteiger partial charge is 0.456 e. The maximum atomic E-state index is 12.7. The van der Waals surface area contributed by atoms with E-state index in [1.807, 2.05) is 38.1 Å². The van der Waals surface area contributed by atoms with Crippen molar-refractivity contribution in [2.75, 3.05) is 13.1 Å². The minimum absolute atomic E-state index is 0.229. The Morgan fingerprint density at radius 3 is 2.13 bits per heavy atom. The molecule has 0 unspecified atom stereocenters. The van der Waals surface area contributed by atoms with Gasteiger partial charge in [-0.1, -0.05) is 62.6 Å². The number of unbranched alkanes of at least 4 members (excludes halogenated alkanes) is 3. The van der Waals surface area contributed by atoms with Crippen molar-refractivity contribution in [1.82, 2.24) is 5.32 Å². The first-order valence-corrected chi connectivity index (χ1v) is 11.6. The van der Waals surface area contributed by atoms with Gasteiger partial charge >= 0.3 is 5.97 Å². The zero-order chi connectivity index (χ0) is 21.4. The van der Waals surface area contributed by atoms with Gasteiger partial charge in [0.15, 0.2) is 0 Å². The molecule has 2 aromatic carbocycles. The van der Waals surface area contributed by atoms with Gasteiger partial charge in [0.05, 0.1) is 5.56 Å². The Balaban J connectivity index is 1.58. The van der Waals surface area contributed by atoms with Crippen molar-refractivity contribution in [3.05, 3.63) is 59.7 Å². The van der Waals surface area contributed by atoms with Crippen LogP contribution in [0.2, 0.25) is 0 Å². The van der Waals surface area contributed by atoms with E-state index in [0.717, 1.165) is 37.9 Å². The first-order valence-electron chi connectivity index (χ1n) is 11.6. The fourth-order valence-electron chi connectivity index (χ4n) is 4.32. The molecule has 0 radical (unpaired) electrons. The lowest BCUT2D eigenvalue weighted by atomic mass is 9.83. The molecule has 1 N–H and O–H groups in total. The summed E-state index contributed by atoms with van der Waals surface area (Å²) in [5, 5.41) is 3.37. The lowest BCUT2D eigenvalue weighted by Crippen LogP contribution is -2.42. The van der Waals surface area contributed by atoms with Gasteiger partial charge in [-0.3, -0.25) is 0 Å². The van der Waals surface area contributed by atoms with Gasteiger partial charge in [0.1, 0.15) is 5.60 Å². The van der Waals surface area contributed by atoms with Crippen molar-refractivity contribution in [2.24, 2.45) is 5.92 Å².